The molecule has 2 aromatic rings. The van der Waals surface area contributed by atoms with Crippen molar-refractivity contribution < 1.29 is 18.3 Å². The Kier molecular flexibility index (Phi) is 3.62. The number of pyridine rings is 1. The van der Waals surface area contributed by atoms with Crippen LogP contribution in [0.1, 0.15) is 35.7 Å². The highest BCUT2D eigenvalue weighted by Crippen LogP contribution is 2.54. The molecule has 1 aromatic heterocycles. The van der Waals surface area contributed by atoms with E-state index < -0.39 is 23.5 Å². The molecule has 1 unspecified atom stereocenters. The van der Waals surface area contributed by atoms with Crippen molar-refractivity contribution in [3.05, 3.63) is 33.9 Å². The molecule has 3 atom stereocenters. The van der Waals surface area contributed by atoms with E-state index >= 15 is 4.39 Å². The lowest BCUT2D eigenvalue weighted by atomic mass is 10.0. The Balaban J connectivity index is 1.78. The number of anilines is 1. The summed E-state index contributed by atoms with van der Waals surface area (Å²) in [5.41, 5.74) is 6.16. The van der Waals surface area contributed by atoms with Crippen LogP contribution in [0.15, 0.2) is 17.1 Å². The molecule has 1 aromatic carbocycles. The first-order valence-corrected chi connectivity index (χ1v) is 9.45. The van der Waals surface area contributed by atoms with Crippen LogP contribution in [0.25, 0.3) is 10.9 Å². The summed E-state index contributed by atoms with van der Waals surface area (Å²) in [6, 6.07) is 0.591. The van der Waals surface area contributed by atoms with Crippen molar-refractivity contribution in [2.75, 3.05) is 25.1 Å². The number of aldehydes is 1. The van der Waals surface area contributed by atoms with Crippen LogP contribution in [0.2, 0.25) is 0 Å². The minimum absolute atomic E-state index is 0.0198. The van der Waals surface area contributed by atoms with Gasteiger partial charge in [-0.25, -0.2) is 8.78 Å². The molecule has 1 aliphatic heterocycles. The number of methoxy groups -OCH3 is 1. The molecule has 2 N–H and O–H groups in total. The highest BCUT2D eigenvalue weighted by atomic mass is 19.1. The van der Waals surface area contributed by atoms with E-state index in [9.17, 15) is 14.0 Å². The number of carbonyl (C=O) groups excluding carboxylic acids is 1. The molecule has 2 heterocycles. The van der Waals surface area contributed by atoms with Gasteiger partial charge in [-0.1, -0.05) is 0 Å². The number of aromatic nitrogens is 1. The molecule has 1 saturated heterocycles. The molecule has 148 valence electrons. The van der Waals surface area contributed by atoms with Crippen LogP contribution < -0.4 is 20.8 Å². The number of ether oxygens (including phenoxy) is 1. The number of hydrogen-bond acceptors (Lipinski definition) is 5. The fourth-order valence-electron chi connectivity index (χ4n) is 4.59. The number of benzene rings is 1. The molecular weight excluding hydrogens is 368 g/mol. The second kappa shape index (κ2) is 5.76. The summed E-state index contributed by atoms with van der Waals surface area (Å²) in [7, 11) is 1.41. The third-order valence-corrected chi connectivity index (χ3v) is 6.51. The molecule has 5 rings (SSSR count). The molecule has 1 spiro atoms. The Morgan fingerprint density at radius 3 is 2.64 bits per heavy atom. The fourth-order valence-corrected chi connectivity index (χ4v) is 4.59. The molecule has 6 nitrogen and oxygen atoms in total. The Hall–Kier alpha value is -2.48. The lowest BCUT2D eigenvalue weighted by Gasteiger charge is -2.24. The van der Waals surface area contributed by atoms with Gasteiger partial charge >= 0.3 is 0 Å². The lowest BCUT2D eigenvalue weighted by Crippen LogP contribution is -2.30. The van der Waals surface area contributed by atoms with Crippen molar-refractivity contribution in [3.8, 4) is 5.75 Å². The summed E-state index contributed by atoms with van der Waals surface area (Å²) in [5.74, 6) is -0.415. The van der Waals surface area contributed by atoms with E-state index in [1.54, 1.807) is 4.57 Å². The molecule has 3 aliphatic rings. The van der Waals surface area contributed by atoms with E-state index in [-0.39, 0.29) is 40.3 Å². The van der Waals surface area contributed by atoms with Crippen LogP contribution in [0, 0.1) is 11.2 Å². The molecule has 3 fully saturated rings. The third-order valence-electron chi connectivity index (χ3n) is 6.51. The number of alkyl halides is 1. The molecule has 8 heteroatoms. The number of carbonyl (C=O) groups is 1. The number of rotatable bonds is 4. The normalized spacial score (nSPS) is 27.4. The zero-order valence-electron chi connectivity index (χ0n) is 15.5. The van der Waals surface area contributed by atoms with Crippen LogP contribution in [0.4, 0.5) is 14.5 Å². The second-order valence-corrected chi connectivity index (χ2v) is 8.24. The van der Waals surface area contributed by atoms with Gasteiger partial charge in [0, 0.05) is 37.2 Å². The fraction of sp³-hybridized carbons (Fsp3) is 0.500. The van der Waals surface area contributed by atoms with Gasteiger partial charge in [-0.2, -0.15) is 0 Å². The minimum atomic E-state index is -1.07. The van der Waals surface area contributed by atoms with Gasteiger partial charge in [0.15, 0.2) is 23.3 Å². The maximum absolute atomic E-state index is 15.2. The molecule has 28 heavy (non-hydrogen) atoms. The van der Waals surface area contributed by atoms with Crippen molar-refractivity contribution in [3.63, 3.8) is 0 Å². The van der Waals surface area contributed by atoms with Crippen LogP contribution >= 0.6 is 0 Å². The molecular formula is C20H21F2N3O3. The third kappa shape index (κ3) is 2.33. The number of fused-ring (bicyclic) bond motifs is 1. The van der Waals surface area contributed by atoms with Crippen LogP contribution in [-0.4, -0.2) is 43.3 Å². The predicted octanol–water partition coefficient (Wildman–Crippen LogP) is 2.17. The predicted molar refractivity (Wildman–Crippen MR) is 101 cm³/mol. The van der Waals surface area contributed by atoms with Gasteiger partial charge in [-0.05, 0) is 18.9 Å². The monoisotopic (exact) mass is 389 g/mol. The summed E-state index contributed by atoms with van der Waals surface area (Å²) in [5, 5.41) is 0.0198. The highest BCUT2D eigenvalue weighted by Gasteiger charge is 2.54. The zero-order valence-corrected chi connectivity index (χ0v) is 15.5. The topological polar surface area (TPSA) is 77.6 Å². The summed E-state index contributed by atoms with van der Waals surface area (Å²) in [6.07, 6.45) is 3.01. The Labute approximate surface area is 159 Å². The van der Waals surface area contributed by atoms with E-state index in [1.807, 2.05) is 4.90 Å². The van der Waals surface area contributed by atoms with Gasteiger partial charge in [-0.15, -0.1) is 0 Å². The largest absolute Gasteiger partial charge is 0.492 e. The van der Waals surface area contributed by atoms with Crippen molar-refractivity contribution in [1.29, 1.82) is 0 Å². The summed E-state index contributed by atoms with van der Waals surface area (Å²) < 4.78 is 36.2. The minimum Gasteiger partial charge on any atom is -0.492 e. The van der Waals surface area contributed by atoms with Crippen molar-refractivity contribution in [2.24, 2.45) is 11.1 Å². The average molecular weight is 389 g/mol. The second-order valence-electron chi connectivity index (χ2n) is 8.24. The van der Waals surface area contributed by atoms with E-state index in [4.69, 9.17) is 10.5 Å². The maximum Gasteiger partial charge on any atom is 0.200 e. The van der Waals surface area contributed by atoms with Crippen molar-refractivity contribution in [1.82, 2.24) is 4.57 Å². The Morgan fingerprint density at radius 1 is 1.39 bits per heavy atom. The van der Waals surface area contributed by atoms with Gasteiger partial charge in [0.25, 0.3) is 0 Å². The average Bonchev–Trinajstić information content (AvgIpc) is 3.57. The standard InChI is InChI=1S/C20H21F2N3O3/c1-28-19-16-11(18(27)10(8-26)6-25(16)14-5-12(14)21)4-13(22)17(19)24-7-15(23)20(9-24)2-3-20/h4,6,8,12,14-15H,2-3,5,7,9,23H2,1H3/t12-,14?,15+/m0/s1. The lowest BCUT2D eigenvalue weighted by molar-refractivity contribution is 0.112. The maximum atomic E-state index is 15.2. The van der Waals surface area contributed by atoms with Gasteiger partial charge in [-0.3, -0.25) is 9.59 Å². The van der Waals surface area contributed by atoms with E-state index in [2.05, 4.69) is 0 Å². The van der Waals surface area contributed by atoms with E-state index in [0.29, 0.717) is 24.9 Å². The van der Waals surface area contributed by atoms with Crippen LogP contribution in [0.3, 0.4) is 0 Å². The summed E-state index contributed by atoms with van der Waals surface area (Å²) >= 11 is 0. The smallest absolute Gasteiger partial charge is 0.200 e. The quantitative estimate of drug-likeness (QED) is 0.811. The number of hydrogen-bond donors (Lipinski definition) is 1. The first-order chi connectivity index (χ1) is 13.4. The molecule has 2 aliphatic carbocycles. The summed E-state index contributed by atoms with van der Waals surface area (Å²) in [6.45, 7) is 1.11. The van der Waals surface area contributed by atoms with Crippen LogP contribution in [-0.2, 0) is 0 Å². The zero-order chi connectivity index (χ0) is 19.8. The molecule has 0 radical (unpaired) electrons. The highest BCUT2D eigenvalue weighted by molar-refractivity contribution is 5.94. The van der Waals surface area contributed by atoms with Crippen molar-refractivity contribution in [2.45, 2.75) is 37.5 Å². The van der Waals surface area contributed by atoms with Gasteiger partial charge < -0.3 is 19.9 Å². The van der Waals surface area contributed by atoms with Gasteiger partial charge in [0.1, 0.15) is 11.9 Å². The Bertz CT molecular complexity index is 1060. The van der Waals surface area contributed by atoms with E-state index in [0.717, 1.165) is 18.9 Å². The molecule has 2 saturated carbocycles. The number of nitrogens with two attached hydrogens (primary N) is 1. The molecule has 0 amide bonds. The number of halogens is 2. The molecule has 0 bridgehead atoms. The first kappa shape index (κ1) is 17.6. The SMILES string of the molecule is COc1c(N2C[C@@H](N)C3(CC3)C2)c(F)cc2c(=O)c(C=O)cn(C3C[C@@H]3F)c12. The Morgan fingerprint density at radius 2 is 2.11 bits per heavy atom. The first-order valence-electron chi connectivity index (χ1n) is 9.45. The summed E-state index contributed by atoms with van der Waals surface area (Å²) in [4.78, 5) is 25.9. The van der Waals surface area contributed by atoms with Gasteiger partial charge in [0.2, 0.25) is 0 Å². The van der Waals surface area contributed by atoms with Gasteiger partial charge in [0.05, 0.1) is 29.6 Å². The number of nitrogens with zero attached hydrogens (tertiary/aromatic N) is 2. The van der Waals surface area contributed by atoms with Crippen LogP contribution in [0.5, 0.6) is 5.75 Å². The van der Waals surface area contributed by atoms with Crippen molar-refractivity contribution >= 4 is 22.9 Å². The van der Waals surface area contributed by atoms with E-state index in [1.165, 1.54) is 13.3 Å².